The first kappa shape index (κ1) is 41.6. The van der Waals surface area contributed by atoms with Gasteiger partial charge < -0.3 is 19.7 Å². The Morgan fingerprint density at radius 1 is 0.636 bits per heavy atom. The van der Waals surface area contributed by atoms with Crippen LogP contribution < -0.4 is 0 Å². The van der Waals surface area contributed by atoms with E-state index in [4.69, 9.17) is 9.47 Å². The van der Waals surface area contributed by atoms with Gasteiger partial charge in [0.15, 0.2) is 6.10 Å². The average molecular weight is 617 g/mol. The van der Waals surface area contributed by atoms with Crippen LogP contribution in [0.2, 0.25) is 0 Å². The Morgan fingerprint density at radius 2 is 1.16 bits per heavy atom. The number of aliphatic hydroxyl groups excluding tert-OH is 2. The van der Waals surface area contributed by atoms with Gasteiger partial charge in [-0.05, 0) is 44.9 Å². The fraction of sp³-hybridized carbons (Fsp3) is 0.684. The van der Waals surface area contributed by atoms with Crippen LogP contribution in [0.5, 0.6) is 0 Å². The SMILES string of the molecule is CC/C=C\C/C=C\C/C=C\C/C=C\C=C\C(O)CCCC(=O)OC[C@H](CO)OC(=O)CCCCCCCCCCCCCC. The molecule has 0 aliphatic heterocycles. The second kappa shape index (κ2) is 33.5. The maximum atomic E-state index is 12.1. The molecule has 0 aliphatic carbocycles. The number of carbonyl (C=O) groups excluding carboxylic acids is 2. The summed E-state index contributed by atoms with van der Waals surface area (Å²) in [7, 11) is 0. The van der Waals surface area contributed by atoms with Crippen molar-refractivity contribution in [3.8, 4) is 0 Å². The zero-order valence-corrected chi connectivity index (χ0v) is 28.0. The molecule has 0 rings (SSSR count). The van der Waals surface area contributed by atoms with E-state index in [1.54, 1.807) is 6.08 Å². The number of hydrogen-bond acceptors (Lipinski definition) is 6. The molecule has 0 aliphatic rings. The van der Waals surface area contributed by atoms with Crippen LogP contribution in [0, 0.1) is 0 Å². The molecule has 0 fully saturated rings. The van der Waals surface area contributed by atoms with Gasteiger partial charge in [-0.25, -0.2) is 0 Å². The van der Waals surface area contributed by atoms with Crippen LogP contribution in [0.3, 0.4) is 0 Å². The highest BCUT2D eigenvalue weighted by Crippen LogP contribution is 2.13. The molecule has 44 heavy (non-hydrogen) atoms. The molecule has 0 amide bonds. The Kier molecular flexibility index (Phi) is 31.6. The van der Waals surface area contributed by atoms with E-state index in [0.29, 0.717) is 19.3 Å². The van der Waals surface area contributed by atoms with Gasteiger partial charge in [-0.2, -0.15) is 0 Å². The van der Waals surface area contributed by atoms with E-state index in [1.807, 2.05) is 18.2 Å². The van der Waals surface area contributed by atoms with E-state index in [0.717, 1.165) is 44.9 Å². The molecule has 0 aromatic rings. The number of allylic oxidation sites excluding steroid dienone is 9. The lowest BCUT2D eigenvalue weighted by Gasteiger charge is -2.16. The largest absolute Gasteiger partial charge is 0.462 e. The zero-order valence-electron chi connectivity index (χ0n) is 28.0. The van der Waals surface area contributed by atoms with Crippen LogP contribution in [0.4, 0.5) is 0 Å². The number of unbranched alkanes of at least 4 members (excludes halogenated alkanes) is 11. The molecular weight excluding hydrogens is 552 g/mol. The van der Waals surface area contributed by atoms with Gasteiger partial charge in [0.25, 0.3) is 0 Å². The first-order chi connectivity index (χ1) is 21.5. The number of hydrogen-bond donors (Lipinski definition) is 2. The number of carbonyl (C=O) groups is 2. The molecular formula is C38H64O6. The minimum Gasteiger partial charge on any atom is -0.462 e. The maximum absolute atomic E-state index is 12.1. The third-order valence-corrected chi connectivity index (χ3v) is 7.18. The van der Waals surface area contributed by atoms with Crippen LogP contribution in [0.15, 0.2) is 60.8 Å². The number of aliphatic hydroxyl groups is 2. The molecule has 0 heterocycles. The molecule has 1 unspecified atom stereocenters. The Bertz CT molecular complexity index is 810. The molecule has 6 heteroatoms. The standard InChI is InChI=1S/C38H64O6/c1-3-5-7-9-11-13-15-17-18-20-22-24-26-29-35(40)30-28-32-37(41)43-34-36(33-39)44-38(42)31-27-25-23-21-19-16-14-12-10-8-6-4-2/h5,7,11,13,17-18,22,24,26,29,35-36,39-40H,3-4,6,8-10,12,14-16,19-21,23,25,27-28,30-34H2,1-2H3/b7-5-,13-11-,18-17-,24-22-,29-26+/t35?,36-/m0/s1. The predicted molar refractivity (Wildman–Crippen MR) is 183 cm³/mol. The Labute approximate surface area is 269 Å². The maximum Gasteiger partial charge on any atom is 0.306 e. The summed E-state index contributed by atoms with van der Waals surface area (Å²) in [5.41, 5.74) is 0. The van der Waals surface area contributed by atoms with Gasteiger partial charge in [0.2, 0.25) is 0 Å². The molecule has 0 saturated heterocycles. The lowest BCUT2D eigenvalue weighted by Crippen LogP contribution is -2.28. The highest BCUT2D eigenvalue weighted by molar-refractivity contribution is 5.70. The van der Waals surface area contributed by atoms with Crippen LogP contribution in [-0.2, 0) is 19.1 Å². The van der Waals surface area contributed by atoms with E-state index >= 15 is 0 Å². The summed E-state index contributed by atoms with van der Waals surface area (Å²) in [6.07, 6.45) is 38.8. The third kappa shape index (κ3) is 31.0. The van der Waals surface area contributed by atoms with Crippen molar-refractivity contribution in [1.29, 1.82) is 0 Å². The summed E-state index contributed by atoms with van der Waals surface area (Å²) in [5.74, 6) is -0.800. The van der Waals surface area contributed by atoms with Crippen molar-refractivity contribution >= 4 is 11.9 Å². The predicted octanol–water partition coefficient (Wildman–Crippen LogP) is 9.42. The fourth-order valence-corrected chi connectivity index (χ4v) is 4.52. The van der Waals surface area contributed by atoms with Crippen molar-refractivity contribution in [2.75, 3.05) is 13.2 Å². The van der Waals surface area contributed by atoms with Gasteiger partial charge in [-0.15, -0.1) is 0 Å². The highest BCUT2D eigenvalue weighted by Gasteiger charge is 2.16. The van der Waals surface area contributed by atoms with Gasteiger partial charge in [-0.3, -0.25) is 9.59 Å². The summed E-state index contributed by atoms with van der Waals surface area (Å²) in [4.78, 5) is 24.1. The number of esters is 2. The van der Waals surface area contributed by atoms with Crippen LogP contribution in [0.1, 0.15) is 142 Å². The van der Waals surface area contributed by atoms with Crippen molar-refractivity contribution < 1.29 is 29.3 Å². The second-order valence-electron chi connectivity index (χ2n) is 11.4. The average Bonchev–Trinajstić information content (AvgIpc) is 3.02. The highest BCUT2D eigenvalue weighted by atomic mass is 16.6. The van der Waals surface area contributed by atoms with Gasteiger partial charge in [0.1, 0.15) is 6.61 Å². The van der Waals surface area contributed by atoms with Gasteiger partial charge in [-0.1, -0.05) is 145 Å². The minimum absolute atomic E-state index is 0.153. The Morgan fingerprint density at radius 3 is 1.73 bits per heavy atom. The molecule has 0 radical (unpaired) electrons. The van der Waals surface area contributed by atoms with Crippen LogP contribution in [0.25, 0.3) is 0 Å². The second-order valence-corrected chi connectivity index (χ2v) is 11.4. The summed E-state index contributed by atoms with van der Waals surface area (Å²) < 4.78 is 10.5. The first-order valence-electron chi connectivity index (χ1n) is 17.5. The summed E-state index contributed by atoms with van der Waals surface area (Å²) in [6, 6.07) is 0. The van der Waals surface area contributed by atoms with Crippen molar-refractivity contribution in [2.45, 2.75) is 154 Å². The van der Waals surface area contributed by atoms with Gasteiger partial charge in [0.05, 0.1) is 12.7 Å². The summed E-state index contributed by atoms with van der Waals surface area (Å²) in [6.45, 7) is 3.82. The van der Waals surface area contributed by atoms with E-state index in [1.165, 1.54) is 57.8 Å². The molecule has 2 N–H and O–H groups in total. The molecule has 6 nitrogen and oxygen atoms in total. The monoisotopic (exact) mass is 616 g/mol. The number of ether oxygens (including phenoxy) is 2. The normalized spacial score (nSPS) is 13.6. The van der Waals surface area contributed by atoms with Crippen molar-refractivity contribution in [1.82, 2.24) is 0 Å². The lowest BCUT2D eigenvalue weighted by atomic mass is 10.0. The van der Waals surface area contributed by atoms with E-state index in [2.05, 4.69) is 50.3 Å². The smallest absolute Gasteiger partial charge is 0.306 e. The molecule has 0 bridgehead atoms. The molecule has 0 aromatic carbocycles. The summed E-state index contributed by atoms with van der Waals surface area (Å²) >= 11 is 0. The molecule has 252 valence electrons. The van der Waals surface area contributed by atoms with E-state index < -0.39 is 24.8 Å². The lowest BCUT2D eigenvalue weighted by molar-refractivity contribution is -0.161. The minimum atomic E-state index is -0.844. The Hall–Kier alpha value is -2.44. The topological polar surface area (TPSA) is 93.1 Å². The first-order valence-corrected chi connectivity index (χ1v) is 17.5. The van der Waals surface area contributed by atoms with E-state index in [9.17, 15) is 19.8 Å². The van der Waals surface area contributed by atoms with Crippen molar-refractivity contribution in [3.63, 3.8) is 0 Å². The molecule has 0 spiro atoms. The van der Waals surface area contributed by atoms with Gasteiger partial charge >= 0.3 is 11.9 Å². The quantitative estimate of drug-likeness (QED) is 0.0361. The number of rotatable bonds is 30. The van der Waals surface area contributed by atoms with Crippen LogP contribution >= 0.6 is 0 Å². The summed E-state index contributed by atoms with van der Waals surface area (Å²) in [5, 5.41) is 19.6. The van der Waals surface area contributed by atoms with Crippen molar-refractivity contribution in [2.24, 2.45) is 0 Å². The van der Waals surface area contributed by atoms with Crippen molar-refractivity contribution in [3.05, 3.63) is 60.8 Å². The molecule has 0 saturated carbocycles. The molecule has 0 aromatic heterocycles. The van der Waals surface area contributed by atoms with Crippen LogP contribution in [-0.4, -0.2) is 47.6 Å². The van der Waals surface area contributed by atoms with Gasteiger partial charge in [0, 0.05) is 12.8 Å². The fourth-order valence-electron chi connectivity index (χ4n) is 4.52. The third-order valence-electron chi connectivity index (χ3n) is 7.18. The molecule has 2 atom stereocenters. The zero-order chi connectivity index (χ0) is 32.4. The Balaban J connectivity index is 3.82. The van der Waals surface area contributed by atoms with E-state index in [-0.39, 0.29) is 19.0 Å².